The molecule has 1 N–H and O–H groups in total. The zero-order chi connectivity index (χ0) is 15.4. The average molecular weight is 302 g/mol. The van der Waals surface area contributed by atoms with Gasteiger partial charge < -0.3 is 19.4 Å². The number of carbonyl (C=O) groups excluding carboxylic acids is 1. The average Bonchev–Trinajstić information content (AvgIpc) is 3.04. The monoisotopic (exact) mass is 302 g/mol. The molecule has 0 atom stereocenters. The van der Waals surface area contributed by atoms with E-state index >= 15 is 0 Å². The standard InChI is InChI=1S/C17H22N2O3/c1-21-11-12-22-13-6-9-19(10-7-13)17(20)15-3-2-4-16-14(15)5-8-18-16/h2-5,8,13,18H,6-7,9-12H2,1H3. The number of likely N-dealkylation sites (tertiary alicyclic amines) is 1. The smallest absolute Gasteiger partial charge is 0.254 e. The van der Waals surface area contributed by atoms with E-state index in [0.29, 0.717) is 13.2 Å². The summed E-state index contributed by atoms with van der Waals surface area (Å²) < 4.78 is 10.7. The zero-order valence-corrected chi connectivity index (χ0v) is 12.9. The first-order chi connectivity index (χ1) is 10.8. The zero-order valence-electron chi connectivity index (χ0n) is 12.9. The van der Waals surface area contributed by atoms with Crippen molar-refractivity contribution in [3.63, 3.8) is 0 Å². The minimum Gasteiger partial charge on any atom is -0.382 e. The van der Waals surface area contributed by atoms with E-state index in [1.807, 2.05) is 35.4 Å². The van der Waals surface area contributed by atoms with Crippen molar-refractivity contribution in [1.29, 1.82) is 0 Å². The molecule has 0 bridgehead atoms. The van der Waals surface area contributed by atoms with E-state index in [1.54, 1.807) is 7.11 Å². The van der Waals surface area contributed by atoms with E-state index < -0.39 is 0 Å². The molecule has 5 nitrogen and oxygen atoms in total. The maximum absolute atomic E-state index is 12.7. The molecule has 0 aliphatic carbocycles. The number of piperidine rings is 1. The van der Waals surface area contributed by atoms with E-state index in [-0.39, 0.29) is 12.0 Å². The van der Waals surface area contributed by atoms with Crippen molar-refractivity contribution in [1.82, 2.24) is 9.88 Å². The molecule has 1 aromatic heterocycles. The summed E-state index contributed by atoms with van der Waals surface area (Å²) in [6.07, 6.45) is 3.89. The number of aromatic nitrogens is 1. The number of fused-ring (bicyclic) bond motifs is 1. The van der Waals surface area contributed by atoms with Gasteiger partial charge in [0.1, 0.15) is 0 Å². The lowest BCUT2D eigenvalue weighted by atomic mass is 10.0. The number of nitrogens with one attached hydrogen (secondary N) is 1. The topological polar surface area (TPSA) is 54.6 Å². The van der Waals surface area contributed by atoms with Crippen molar-refractivity contribution in [2.45, 2.75) is 18.9 Å². The number of hydrogen-bond acceptors (Lipinski definition) is 3. The van der Waals surface area contributed by atoms with Crippen LogP contribution < -0.4 is 0 Å². The Balaban J connectivity index is 1.61. The number of aromatic amines is 1. The second-order valence-electron chi connectivity index (χ2n) is 5.60. The fourth-order valence-electron chi connectivity index (χ4n) is 2.97. The lowest BCUT2D eigenvalue weighted by molar-refractivity contribution is -0.0122. The van der Waals surface area contributed by atoms with Gasteiger partial charge in [-0.15, -0.1) is 0 Å². The number of carbonyl (C=O) groups is 1. The largest absolute Gasteiger partial charge is 0.382 e. The van der Waals surface area contributed by atoms with Crippen molar-refractivity contribution in [2.24, 2.45) is 0 Å². The van der Waals surface area contributed by atoms with E-state index in [9.17, 15) is 4.79 Å². The molecule has 1 aliphatic rings. The molecule has 5 heteroatoms. The normalized spacial score (nSPS) is 16.3. The Morgan fingerprint density at radius 3 is 2.86 bits per heavy atom. The summed E-state index contributed by atoms with van der Waals surface area (Å²) >= 11 is 0. The Bertz CT molecular complexity index is 630. The molecule has 1 aliphatic heterocycles. The molecule has 3 rings (SSSR count). The number of rotatable bonds is 5. The first kappa shape index (κ1) is 15.1. The second kappa shape index (κ2) is 6.94. The Morgan fingerprint density at radius 1 is 1.27 bits per heavy atom. The molecule has 118 valence electrons. The van der Waals surface area contributed by atoms with Crippen molar-refractivity contribution in [3.8, 4) is 0 Å². The molecule has 1 amide bonds. The van der Waals surface area contributed by atoms with Gasteiger partial charge in [-0.05, 0) is 31.0 Å². The predicted molar refractivity (Wildman–Crippen MR) is 85.1 cm³/mol. The van der Waals surface area contributed by atoms with Crippen molar-refractivity contribution >= 4 is 16.8 Å². The number of methoxy groups -OCH3 is 1. The molecule has 1 saturated heterocycles. The van der Waals surface area contributed by atoms with E-state index in [4.69, 9.17) is 9.47 Å². The third-order valence-electron chi connectivity index (χ3n) is 4.20. The summed E-state index contributed by atoms with van der Waals surface area (Å²) in [5.41, 5.74) is 1.78. The maximum atomic E-state index is 12.7. The number of benzene rings is 1. The van der Waals surface area contributed by atoms with Crippen LogP contribution in [0.15, 0.2) is 30.5 Å². The third kappa shape index (κ3) is 3.15. The minimum absolute atomic E-state index is 0.112. The molecule has 1 fully saturated rings. The van der Waals surface area contributed by atoms with Crippen molar-refractivity contribution in [3.05, 3.63) is 36.0 Å². The summed E-state index contributed by atoms with van der Waals surface area (Å²) in [5, 5.41) is 0.992. The lowest BCUT2D eigenvalue weighted by Gasteiger charge is -2.32. The van der Waals surface area contributed by atoms with Crippen LogP contribution in [0.2, 0.25) is 0 Å². The van der Waals surface area contributed by atoms with Gasteiger partial charge in [0.25, 0.3) is 5.91 Å². The van der Waals surface area contributed by atoms with E-state index in [1.165, 1.54) is 0 Å². The fourth-order valence-corrected chi connectivity index (χ4v) is 2.97. The highest BCUT2D eigenvalue weighted by molar-refractivity contribution is 6.06. The summed E-state index contributed by atoms with van der Waals surface area (Å²) in [5.74, 6) is 0.112. The first-order valence-corrected chi connectivity index (χ1v) is 7.75. The Labute approximate surface area is 130 Å². The van der Waals surface area contributed by atoms with E-state index in [0.717, 1.165) is 42.4 Å². The molecule has 0 radical (unpaired) electrons. The second-order valence-corrected chi connectivity index (χ2v) is 5.60. The maximum Gasteiger partial charge on any atom is 0.254 e. The molecule has 2 aromatic rings. The summed E-state index contributed by atoms with van der Waals surface area (Å²) in [7, 11) is 1.67. The molecule has 1 aromatic carbocycles. The van der Waals surface area contributed by atoms with Crippen LogP contribution in [0.25, 0.3) is 10.9 Å². The number of amides is 1. The van der Waals surface area contributed by atoms with Crippen LogP contribution in [-0.2, 0) is 9.47 Å². The highest BCUT2D eigenvalue weighted by Crippen LogP contribution is 2.21. The Kier molecular flexibility index (Phi) is 4.75. The number of hydrogen-bond donors (Lipinski definition) is 1. The molecular weight excluding hydrogens is 280 g/mol. The SMILES string of the molecule is COCCOC1CCN(C(=O)c2cccc3[nH]ccc23)CC1. The summed E-state index contributed by atoms with van der Waals surface area (Å²) in [4.78, 5) is 17.8. The van der Waals surface area contributed by atoms with Gasteiger partial charge >= 0.3 is 0 Å². The van der Waals surface area contributed by atoms with Crippen LogP contribution in [0.5, 0.6) is 0 Å². The van der Waals surface area contributed by atoms with Gasteiger partial charge in [-0.25, -0.2) is 0 Å². The summed E-state index contributed by atoms with van der Waals surface area (Å²) in [6, 6.07) is 7.78. The molecule has 0 spiro atoms. The van der Waals surface area contributed by atoms with Gasteiger partial charge in [0, 0.05) is 42.9 Å². The Hall–Kier alpha value is -1.85. The first-order valence-electron chi connectivity index (χ1n) is 7.75. The quantitative estimate of drug-likeness (QED) is 0.863. The van der Waals surface area contributed by atoms with Crippen LogP contribution in [0, 0.1) is 0 Å². The van der Waals surface area contributed by atoms with Crippen LogP contribution in [0.1, 0.15) is 23.2 Å². The van der Waals surface area contributed by atoms with Crippen molar-refractivity contribution in [2.75, 3.05) is 33.4 Å². The van der Waals surface area contributed by atoms with Gasteiger partial charge in [0.15, 0.2) is 0 Å². The third-order valence-corrected chi connectivity index (χ3v) is 4.20. The van der Waals surface area contributed by atoms with Crippen molar-refractivity contribution < 1.29 is 14.3 Å². The minimum atomic E-state index is 0.112. The fraction of sp³-hybridized carbons (Fsp3) is 0.471. The number of nitrogens with zero attached hydrogens (tertiary/aromatic N) is 1. The highest BCUT2D eigenvalue weighted by atomic mass is 16.5. The van der Waals surface area contributed by atoms with Gasteiger partial charge in [0.05, 0.1) is 19.3 Å². The predicted octanol–water partition coefficient (Wildman–Crippen LogP) is 2.44. The van der Waals surface area contributed by atoms with Crippen LogP contribution in [0.4, 0.5) is 0 Å². The van der Waals surface area contributed by atoms with Gasteiger partial charge in [-0.3, -0.25) is 4.79 Å². The molecule has 0 saturated carbocycles. The summed E-state index contributed by atoms with van der Waals surface area (Å²) in [6.45, 7) is 2.74. The van der Waals surface area contributed by atoms with Gasteiger partial charge in [0.2, 0.25) is 0 Å². The van der Waals surface area contributed by atoms with Gasteiger partial charge in [-0.2, -0.15) is 0 Å². The van der Waals surface area contributed by atoms with Crippen LogP contribution in [0.3, 0.4) is 0 Å². The number of ether oxygens (including phenoxy) is 2. The highest BCUT2D eigenvalue weighted by Gasteiger charge is 2.25. The van der Waals surface area contributed by atoms with Gasteiger partial charge in [-0.1, -0.05) is 6.07 Å². The van der Waals surface area contributed by atoms with Crippen LogP contribution >= 0.6 is 0 Å². The number of H-pyrrole nitrogens is 1. The van der Waals surface area contributed by atoms with Crippen LogP contribution in [-0.4, -0.2) is 55.3 Å². The van der Waals surface area contributed by atoms with E-state index in [2.05, 4.69) is 4.98 Å². The molecule has 2 heterocycles. The molecule has 0 unspecified atom stereocenters. The molecular formula is C17H22N2O3. The lowest BCUT2D eigenvalue weighted by Crippen LogP contribution is -2.41. The Morgan fingerprint density at radius 2 is 2.09 bits per heavy atom. The molecule has 22 heavy (non-hydrogen) atoms.